The lowest BCUT2D eigenvalue weighted by molar-refractivity contribution is -0.160. The van der Waals surface area contributed by atoms with Gasteiger partial charge in [0.1, 0.15) is 12.2 Å². The van der Waals surface area contributed by atoms with Crippen molar-refractivity contribution in [2.45, 2.75) is 26.4 Å². The van der Waals surface area contributed by atoms with Crippen LogP contribution in [0.3, 0.4) is 0 Å². The fraction of sp³-hybridized carbons (Fsp3) is 0.980. The molecular weight excluding hydrogens is 1010 g/mol. The van der Waals surface area contributed by atoms with Crippen LogP contribution in [0.4, 0.5) is 0 Å². The Morgan fingerprint density at radius 3 is 0.447 bits per heavy atom. The Balaban J connectivity index is 3.10. The number of hydrogen-bond acceptors (Lipinski definition) is 25. The van der Waals surface area contributed by atoms with Gasteiger partial charge in [-0.2, -0.15) is 0 Å². The van der Waals surface area contributed by atoms with Gasteiger partial charge in [0.05, 0.1) is 291 Å². The average molecular weight is 1120 g/mol. The summed E-state index contributed by atoms with van der Waals surface area (Å²) in [5, 5.41) is 0. The van der Waals surface area contributed by atoms with Crippen molar-refractivity contribution >= 4 is 5.97 Å². The standard InChI is InChI=1S/C51H102O25/c1-51(2,3)76-50(52)49-75-48-47-74-46-45-73-44-43-72-42-41-71-40-39-70-38-37-69-36-35-68-34-33-67-32-31-66-30-29-65-28-27-64-26-25-63-24-23-62-22-21-61-20-19-60-18-17-59-16-15-58-14-13-57-12-11-56-10-9-55-8-7-54-6-5-53-4/h5-49H2,1-4H3. The van der Waals surface area contributed by atoms with Gasteiger partial charge in [-0.05, 0) is 20.8 Å². The molecular formula is C51H102O25. The summed E-state index contributed by atoms with van der Waals surface area (Å²) in [6, 6.07) is 0. The van der Waals surface area contributed by atoms with Gasteiger partial charge in [-0.25, -0.2) is 4.79 Å². The average Bonchev–Trinajstić information content (AvgIpc) is 3.40. The summed E-state index contributed by atoms with van der Waals surface area (Å²) < 4.78 is 130. The van der Waals surface area contributed by atoms with Crippen molar-refractivity contribution in [2.24, 2.45) is 0 Å². The molecule has 0 heterocycles. The lowest BCUT2D eigenvalue weighted by atomic mass is 10.2. The summed E-state index contributed by atoms with van der Waals surface area (Å²) in [7, 11) is 1.64. The van der Waals surface area contributed by atoms with Crippen LogP contribution in [-0.2, 0) is 118 Å². The third kappa shape index (κ3) is 70.6. The lowest BCUT2D eigenvalue weighted by Gasteiger charge is -2.19. The maximum Gasteiger partial charge on any atom is 0.332 e. The molecule has 0 atom stereocenters. The minimum atomic E-state index is -0.520. The third-order valence-corrected chi connectivity index (χ3v) is 8.88. The first-order valence-electron chi connectivity index (χ1n) is 26.9. The van der Waals surface area contributed by atoms with Crippen molar-refractivity contribution in [3.8, 4) is 0 Å². The van der Waals surface area contributed by atoms with Crippen LogP contribution in [0.25, 0.3) is 0 Å². The normalized spacial score (nSPS) is 11.9. The smallest absolute Gasteiger partial charge is 0.332 e. The molecule has 0 aromatic rings. The molecule has 0 amide bonds. The fourth-order valence-corrected chi connectivity index (χ4v) is 5.29. The first-order chi connectivity index (χ1) is 37.5. The summed E-state index contributed by atoms with van der Waals surface area (Å²) in [5.74, 6) is -0.392. The molecule has 25 heteroatoms. The second kappa shape index (κ2) is 66.1. The van der Waals surface area contributed by atoms with Crippen LogP contribution in [0.15, 0.2) is 0 Å². The minimum Gasteiger partial charge on any atom is -0.458 e. The van der Waals surface area contributed by atoms with Crippen molar-refractivity contribution in [1.29, 1.82) is 0 Å². The first-order valence-corrected chi connectivity index (χ1v) is 26.9. The fourth-order valence-electron chi connectivity index (χ4n) is 5.29. The van der Waals surface area contributed by atoms with Gasteiger partial charge in [0.25, 0.3) is 0 Å². The molecule has 76 heavy (non-hydrogen) atoms. The van der Waals surface area contributed by atoms with Gasteiger partial charge in [-0.15, -0.1) is 0 Å². The highest BCUT2D eigenvalue weighted by molar-refractivity contribution is 5.71. The quantitative estimate of drug-likeness (QED) is 0.0617. The Labute approximate surface area is 454 Å². The zero-order chi connectivity index (χ0) is 54.9. The van der Waals surface area contributed by atoms with E-state index in [1.807, 2.05) is 20.8 Å². The van der Waals surface area contributed by atoms with Gasteiger partial charge < -0.3 is 114 Å². The molecule has 0 aliphatic rings. The second-order valence-corrected chi connectivity index (χ2v) is 16.5. The minimum absolute atomic E-state index is 0.0908. The van der Waals surface area contributed by atoms with E-state index in [9.17, 15) is 4.79 Å². The monoisotopic (exact) mass is 1110 g/mol. The second-order valence-electron chi connectivity index (χ2n) is 16.5. The highest BCUT2D eigenvalue weighted by Gasteiger charge is 2.16. The van der Waals surface area contributed by atoms with Crippen molar-refractivity contribution < 1.29 is 118 Å². The van der Waals surface area contributed by atoms with E-state index in [2.05, 4.69) is 0 Å². The van der Waals surface area contributed by atoms with Crippen LogP contribution in [0.1, 0.15) is 20.8 Å². The molecule has 0 rings (SSSR count). The lowest BCUT2D eigenvalue weighted by Crippen LogP contribution is -2.27. The zero-order valence-corrected chi connectivity index (χ0v) is 47.0. The van der Waals surface area contributed by atoms with Crippen molar-refractivity contribution in [2.75, 3.05) is 304 Å². The Kier molecular flexibility index (Phi) is 64.8. The maximum absolute atomic E-state index is 11.5. The number of hydrogen-bond donors (Lipinski definition) is 0. The van der Waals surface area contributed by atoms with E-state index < -0.39 is 11.6 Å². The first kappa shape index (κ1) is 74.5. The van der Waals surface area contributed by atoms with E-state index in [0.717, 1.165) is 0 Å². The van der Waals surface area contributed by atoms with Gasteiger partial charge in [0.15, 0.2) is 0 Å². The molecule has 0 fully saturated rings. The predicted molar refractivity (Wildman–Crippen MR) is 276 cm³/mol. The molecule has 0 saturated carbocycles. The molecule has 0 aliphatic heterocycles. The molecule has 0 radical (unpaired) electrons. The summed E-state index contributed by atoms with van der Waals surface area (Å²) in [6.45, 7) is 26.7. The largest absolute Gasteiger partial charge is 0.458 e. The number of ether oxygens (including phenoxy) is 24. The zero-order valence-electron chi connectivity index (χ0n) is 47.0. The van der Waals surface area contributed by atoms with Gasteiger partial charge >= 0.3 is 5.97 Å². The van der Waals surface area contributed by atoms with Crippen LogP contribution in [0, 0.1) is 0 Å². The highest BCUT2D eigenvalue weighted by Crippen LogP contribution is 2.06. The summed E-state index contributed by atoms with van der Waals surface area (Å²) >= 11 is 0. The van der Waals surface area contributed by atoms with Gasteiger partial charge in [0, 0.05) is 7.11 Å². The number of carbonyl (C=O) groups excluding carboxylic acids is 1. The molecule has 0 bridgehead atoms. The Morgan fingerprint density at radius 2 is 0.329 bits per heavy atom. The molecule has 0 aromatic heterocycles. The molecule has 456 valence electrons. The van der Waals surface area contributed by atoms with E-state index >= 15 is 0 Å². The predicted octanol–water partition coefficient (Wildman–Crippen LogP) is 1.34. The Hall–Kier alpha value is -1.45. The Bertz CT molecular complexity index is 1080. The third-order valence-electron chi connectivity index (χ3n) is 8.88. The topological polar surface area (TPSA) is 239 Å². The van der Waals surface area contributed by atoms with Crippen LogP contribution in [0.5, 0.6) is 0 Å². The number of esters is 1. The van der Waals surface area contributed by atoms with Crippen LogP contribution < -0.4 is 0 Å². The maximum atomic E-state index is 11.5. The number of carbonyl (C=O) groups is 1. The van der Waals surface area contributed by atoms with E-state index in [-0.39, 0.29) is 6.61 Å². The Morgan fingerprint density at radius 1 is 0.211 bits per heavy atom. The molecule has 0 saturated heterocycles. The SMILES string of the molecule is COCCOCCOCCOCCOCCOCCOCCOCCOCCOCCOCCOCCOCCOCCOCCOCCOCCOCCOCCOCCOCCOCCOCC(=O)OC(C)(C)C. The van der Waals surface area contributed by atoms with Crippen LogP contribution in [-0.4, -0.2) is 316 Å². The van der Waals surface area contributed by atoms with Crippen molar-refractivity contribution in [3.05, 3.63) is 0 Å². The van der Waals surface area contributed by atoms with Crippen LogP contribution >= 0.6 is 0 Å². The number of methoxy groups -OCH3 is 1. The van der Waals surface area contributed by atoms with Crippen LogP contribution in [0.2, 0.25) is 0 Å². The molecule has 0 aliphatic carbocycles. The van der Waals surface area contributed by atoms with E-state index in [0.29, 0.717) is 291 Å². The number of rotatable bonds is 68. The van der Waals surface area contributed by atoms with Crippen molar-refractivity contribution in [3.63, 3.8) is 0 Å². The summed E-state index contributed by atoms with van der Waals surface area (Å²) in [5.41, 5.74) is -0.520. The molecule has 0 spiro atoms. The van der Waals surface area contributed by atoms with Gasteiger partial charge in [0.2, 0.25) is 0 Å². The molecule has 0 unspecified atom stereocenters. The van der Waals surface area contributed by atoms with Gasteiger partial charge in [-0.3, -0.25) is 0 Å². The molecule has 25 nitrogen and oxygen atoms in total. The summed E-state index contributed by atoms with van der Waals surface area (Å²) in [4.78, 5) is 11.5. The van der Waals surface area contributed by atoms with Crippen molar-refractivity contribution in [1.82, 2.24) is 0 Å². The molecule has 0 aromatic carbocycles. The highest BCUT2D eigenvalue weighted by atomic mass is 16.6. The molecule has 0 N–H and O–H groups in total. The van der Waals surface area contributed by atoms with Gasteiger partial charge in [-0.1, -0.05) is 0 Å². The van der Waals surface area contributed by atoms with E-state index in [4.69, 9.17) is 114 Å². The van der Waals surface area contributed by atoms with E-state index in [1.54, 1.807) is 7.11 Å². The summed E-state index contributed by atoms with van der Waals surface area (Å²) in [6.07, 6.45) is 0. The van der Waals surface area contributed by atoms with E-state index in [1.165, 1.54) is 0 Å².